The standard InChI is InChI=1S/C16H29NSi/c1-4-5-6-7-8-9-12-15-18(2,3)16-13-10-11-14-17-16/h10-11,13-14H,4-9,12,15H2,1-3H3. The molecule has 0 aliphatic rings. The zero-order valence-electron chi connectivity index (χ0n) is 12.4. The van der Waals surface area contributed by atoms with Gasteiger partial charge in [-0.1, -0.05) is 77.1 Å². The van der Waals surface area contributed by atoms with E-state index in [0.29, 0.717) is 0 Å². The van der Waals surface area contributed by atoms with Crippen molar-refractivity contribution in [2.24, 2.45) is 0 Å². The van der Waals surface area contributed by atoms with Gasteiger partial charge in [-0.05, 0) is 12.1 Å². The second kappa shape index (κ2) is 8.47. The Balaban J connectivity index is 2.18. The van der Waals surface area contributed by atoms with Gasteiger partial charge in [-0.25, -0.2) is 0 Å². The predicted molar refractivity (Wildman–Crippen MR) is 84.2 cm³/mol. The van der Waals surface area contributed by atoms with Gasteiger partial charge in [-0.2, -0.15) is 0 Å². The second-order valence-corrected chi connectivity index (χ2v) is 10.8. The first-order valence-corrected chi connectivity index (χ1v) is 10.8. The Hall–Kier alpha value is -0.633. The number of rotatable bonds is 9. The molecule has 1 rings (SSSR count). The van der Waals surface area contributed by atoms with E-state index < -0.39 is 8.07 Å². The zero-order chi connectivity index (χ0) is 13.3. The molecular weight excluding hydrogens is 234 g/mol. The van der Waals surface area contributed by atoms with Crippen LogP contribution in [0.5, 0.6) is 0 Å². The molecule has 1 aromatic heterocycles. The van der Waals surface area contributed by atoms with Gasteiger partial charge in [0.05, 0.1) is 0 Å². The van der Waals surface area contributed by atoms with Crippen molar-refractivity contribution >= 4 is 13.4 Å². The minimum Gasteiger partial charge on any atom is -0.266 e. The van der Waals surface area contributed by atoms with Gasteiger partial charge < -0.3 is 0 Å². The normalized spacial score (nSPS) is 11.7. The maximum atomic E-state index is 4.55. The van der Waals surface area contributed by atoms with E-state index in [1.54, 1.807) is 0 Å². The minimum absolute atomic E-state index is 1.27. The molecule has 0 amide bonds. The highest BCUT2D eigenvalue weighted by molar-refractivity contribution is 6.89. The van der Waals surface area contributed by atoms with Gasteiger partial charge in [0.15, 0.2) is 0 Å². The van der Waals surface area contributed by atoms with Gasteiger partial charge in [0.25, 0.3) is 0 Å². The van der Waals surface area contributed by atoms with Crippen LogP contribution in [-0.4, -0.2) is 13.1 Å². The van der Waals surface area contributed by atoms with Crippen molar-refractivity contribution in [1.29, 1.82) is 0 Å². The van der Waals surface area contributed by atoms with Crippen molar-refractivity contribution in [3.63, 3.8) is 0 Å². The highest BCUT2D eigenvalue weighted by atomic mass is 28.3. The Morgan fingerprint density at radius 2 is 1.61 bits per heavy atom. The molecule has 0 aliphatic heterocycles. The SMILES string of the molecule is CCCCCCCCC[Si](C)(C)c1ccccn1. The third kappa shape index (κ3) is 5.81. The lowest BCUT2D eigenvalue weighted by atomic mass is 10.1. The molecule has 0 bridgehead atoms. The quantitative estimate of drug-likeness (QED) is 0.463. The summed E-state index contributed by atoms with van der Waals surface area (Å²) in [6.45, 7) is 7.18. The topological polar surface area (TPSA) is 12.9 Å². The van der Waals surface area contributed by atoms with Crippen LogP contribution in [0.4, 0.5) is 0 Å². The average molecular weight is 264 g/mol. The van der Waals surface area contributed by atoms with Crippen molar-refractivity contribution < 1.29 is 0 Å². The van der Waals surface area contributed by atoms with E-state index in [9.17, 15) is 0 Å². The summed E-state index contributed by atoms with van der Waals surface area (Å²) in [5.74, 6) is 0. The fraction of sp³-hybridized carbons (Fsp3) is 0.688. The van der Waals surface area contributed by atoms with Gasteiger partial charge in [-0.15, -0.1) is 0 Å². The molecule has 0 aromatic carbocycles. The van der Waals surface area contributed by atoms with Crippen LogP contribution in [0.25, 0.3) is 0 Å². The maximum absolute atomic E-state index is 4.55. The summed E-state index contributed by atoms with van der Waals surface area (Å²) in [5.41, 5.74) is 0. The molecule has 2 heteroatoms. The van der Waals surface area contributed by atoms with Gasteiger partial charge in [-0.3, -0.25) is 4.98 Å². The number of pyridine rings is 1. The molecule has 0 N–H and O–H groups in total. The monoisotopic (exact) mass is 263 g/mol. The number of hydrogen-bond acceptors (Lipinski definition) is 1. The summed E-state index contributed by atoms with van der Waals surface area (Å²) in [5, 5.41) is 1.37. The van der Waals surface area contributed by atoms with Gasteiger partial charge in [0, 0.05) is 11.5 Å². The molecule has 18 heavy (non-hydrogen) atoms. The van der Waals surface area contributed by atoms with E-state index in [1.165, 1.54) is 56.3 Å². The van der Waals surface area contributed by atoms with Crippen LogP contribution < -0.4 is 5.32 Å². The Labute approximate surface area is 114 Å². The molecule has 0 fully saturated rings. The lowest BCUT2D eigenvalue weighted by Crippen LogP contribution is -2.42. The molecule has 1 nitrogen and oxygen atoms in total. The average Bonchev–Trinajstić information content (AvgIpc) is 2.39. The second-order valence-electron chi connectivity index (χ2n) is 5.97. The fourth-order valence-electron chi connectivity index (χ4n) is 2.42. The van der Waals surface area contributed by atoms with Crippen molar-refractivity contribution in [3.05, 3.63) is 24.4 Å². The highest BCUT2D eigenvalue weighted by Gasteiger charge is 2.23. The van der Waals surface area contributed by atoms with E-state index in [2.05, 4.69) is 37.1 Å². The molecule has 1 aromatic rings. The van der Waals surface area contributed by atoms with Crippen LogP contribution in [0.1, 0.15) is 51.9 Å². The van der Waals surface area contributed by atoms with Crippen LogP contribution in [-0.2, 0) is 0 Å². The first-order chi connectivity index (χ1) is 8.67. The molecule has 0 spiro atoms. The smallest absolute Gasteiger partial charge is 0.104 e. The lowest BCUT2D eigenvalue weighted by Gasteiger charge is -2.21. The van der Waals surface area contributed by atoms with E-state index in [0.717, 1.165) is 0 Å². The summed E-state index contributed by atoms with van der Waals surface area (Å²) in [6.07, 6.45) is 11.8. The molecular formula is C16H29NSi. The van der Waals surface area contributed by atoms with Gasteiger partial charge in [0.2, 0.25) is 0 Å². The molecule has 0 unspecified atom stereocenters. The number of aromatic nitrogens is 1. The Bertz CT molecular complexity index is 308. The fourth-order valence-corrected chi connectivity index (χ4v) is 4.78. The molecule has 0 saturated carbocycles. The van der Waals surface area contributed by atoms with E-state index in [-0.39, 0.29) is 0 Å². The third-order valence-corrected chi connectivity index (χ3v) is 7.05. The van der Waals surface area contributed by atoms with Crippen molar-refractivity contribution in [3.8, 4) is 0 Å². The van der Waals surface area contributed by atoms with Crippen molar-refractivity contribution in [1.82, 2.24) is 4.98 Å². The summed E-state index contributed by atoms with van der Waals surface area (Å²) >= 11 is 0. The Morgan fingerprint density at radius 3 is 2.22 bits per heavy atom. The van der Waals surface area contributed by atoms with E-state index >= 15 is 0 Å². The summed E-state index contributed by atoms with van der Waals surface area (Å²) in [7, 11) is -1.27. The summed E-state index contributed by atoms with van der Waals surface area (Å²) in [6, 6.07) is 7.74. The largest absolute Gasteiger partial charge is 0.266 e. The number of hydrogen-bond donors (Lipinski definition) is 0. The van der Waals surface area contributed by atoms with E-state index in [1.807, 2.05) is 12.3 Å². The van der Waals surface area contributed by atoms with Crippen LogP contribution >= 0.6 is 0 Å². The third-order valence-electron chi connectivity index (χ3n) is 3.76. The molecule has 0 atom stereocenters. The Morgan fingerprint density at radius 1 is 0.944 bits per heavy atom. The maximum Gasteiger partial charge on any atom is 0.104 e. The molecule has 102 valence electrons. The van der Waals surface area contributed by atoms with Crippen LogP contribution in [0.2, 0.25) is 19.1 Å². The first-order valence-electron chi connectivity index (χ1n) is 7.58. The van der Waals surface area contributed by atoms with Gasteiger partial charge >= 0.3 is 0 Å². The molecule has 0 radical (unpaired) electrons. The van der Waals surface area contributed by atoms with Crippen molar-refractivity contribution in [2.75, 3.05) is 0 Å². The molecule has 1 heterocycles. The van der Waals surface area contributed by atoms with Crippen molar-refractivity contribution in [2.45, 2.75) is 71.0 Å². The van der Waals surface area contributed by atoms with Crippen LogP contribution in [0.3, 0.4) is 0 Å². The predicted octanol–water partition coefficient (Wildman–Crippen LogP) is 4.75. The highest BCUT2D eigenvalue weighted by Crippen LogP contribution is 2.15. The Kier molecular flexibility index (Phi) is 7.25. The van der Waals surface area contributed by atoms with Gasteiger partial charge in [0.1, 0.15) is 8.07 Å². The van der Waals surface area contributed by atoms with E-state index in [4.69, 9.17) is 0 Å². The summed E-state index contributed by atoms with van der Waals surface area (Å²) in [4.78, 5) is 4.55. The lowest BCUT2D eigenvalue weighted by molar-refractivity contribution is 0.600. The minimum atomic E-state index is -1.27. The number of nitrogens with zero attached hydrogens (tertiary/aromatic N) is 1. The summed E-state index contributed by atoms with van der Waals surface area (Å²) < 4.78 is 0. The molecule has 0 aliphatic carbocycles. The molecule has 0 saturated heterocycles. The van der Waals surface area contributed by atoms with Crippen LogP contribution in [0.15, 0.2) is 24.4 Å². The number of unbranched alkanes of at least 4 members (excludes halogenated alkanes) is 6. The van der Waals surface area contributed by atoms with Crippen LogP contribution in [0, 0.1) is 0 Å². The first kappa shape index (κ1) is 15.4. The zero-order valence-corrected chi connectivity index (χ0v) is 13.4.